The second kappa shape index (κ2) is 4.81. The Balaban J connectivity index is 1.92. The third kappa shape index (κ3) is 2.49. The summed E-state index contributed by atoms with van der Waals surface area (Å²) in [6.45, 7) is 1.16. The molecule has 0 saturated carbocycles. The summed E-state index contributed by atoms with van der Waals surface area (Å²) in [6.07, 6.45) is 3.62. The van der Waals surface area contributed by atoms with Gasteiger partial charge in [-0.05, 0) is 31.4 Å². The third-order valence-corrected chi connectivity index (χ3v) is 3.25. The topological polar surface area (TPSA) is 12.0 Å². The molecule has 0 radical (unpaired) electrons. The Hall–Kier alpha value is -0.530. The van der Waals surface area contributed by atoms with Gasteiger partial charge in [-0.1, -0.05) is 30.3 Å². The fourth-order valence-corrected chi connectivity index (χ4v) is 2.37. The molecular weight excluding hydrogens is 194 g/mol. The summed E-state index contributed by atoms with van der Waals surface area (Å²) in [6, 6.07) is 11.0. The van der Waals surface area contributed by atoms with Gasteiger partial charge in [0.15, 0.2) is 0 Å². The molecule has 2 unspecified atom stereocenters. The van der Waals surface area contributed by atoms with Crippen molar-refractivity contribution in [1.29, 1.82) is 0 Å². The Morgan fingerprint density at radius 3 is 2.79 bits per heavy atom. The molecule has 14 heavy (non-hydrogen) atoms. The van der Waals surface area contributed by atoms with Gasteiger partial charge in [0.05, 0.1) is 5.38 Å². The molecule has 1 fully saturated rings. The normalized spacial score (nSPS) is 23.6. The predicted molar refractivity (Wildman–Crippen MR) is 60.7 cm³/mol. The molecule has 1 aromatic rings. The van der Waals surface area contributed by atoms with Crippen molar-refractivity contribution in [3.63, 3.8) is 0 Å². The fourth-order valence-electron chi connectivity index (χ4n) is 2.01. The second-order valence-corrected chi connectivity index (χ2v) is 4.43. The van der Waals surface area contributed by atoms with Crippen LogP contribution in [0.4, 0.5) is 0 Å². The molecule has 0 aliphatic carbocycles. The van der Waals surface area contributed by atoms with Crippen molar-refractivity contribution < 1.29 is 0 Å². The lowest BCUT2D eigenvalue weighted by atomic mass is 10.0. The number of rotatable bonds is 3. The van der Waals surface area contributed by atoms with Gasteiger partial charge in [-0.25, -0.2) is 0 Å². The van der Waals surface area contributed by atoms with Gasteiger partial charge in [0, 0.05) is 6.04 Å². The standard InChI is InChI=1S/C12H16ClN/c13-12(9-11-7-4-8-14-11)10-5-2-1-3-6-10/h1-3,5-6,11-12,14H,4,7-9H2. The van der Waals surface area contributed by atoms with Crippen LogP contribution in [0.3, 0.4) is 0 Å². The van der Waals surface area contributed by atoms with Crippen LogP contribution in [0.5, 0.6) is 0 Å². The average molecular weight is 210 g/mol. The van der Waals surface area contributed by atoms with E-state index < -0.39 is 0 Å². The molecule has 1 aliphatic heterocycles. The van der Waals surface area contributed by atoms with Crippen LogP contribution in [0.2, 0.25) is 0 Å². The molecule has 76 valence electrons. The van der Waals surface area contributed by atoms with E-state index >= 15 is 0 Å². The number of benzene rings is 1. The van der Waals surface area contributed by atoms with Crippen molar-refractivity contribution in [3.8, 4) is 0 Å². The second-order valence-electron chi connectivity index (χ2n) is 3.91. The van der Waals surface area contributed by atoms with Crippen molar-refractivity contribution >= 4 is 11.6 Å². The van der Waals surface area contributed by atoms with E-state index in [9.17, 15) is 0 Å². The molecule has 1 nitrogen and oxygen atoms in total. The smallest absolute Gasteiger partial charge is 0.0600 e. The summed E-state index contributed by atoms with van der Waals surface area (Å²) in [7, 11) is 0. The molecular formula is C12H16ClN. The largest absolute Gasteiger partial charge is 0.314 e. The third-order valence-electron chi connectivity index (χ3n) is 2.82. The SMILES string of the molecule is ClC(CC1CCCN1)c1ccccc1. The highest BCUT2D eigenvalue weighted by Crippen LogP contribution is 2.27. The fraction of sp³-hybridized carbons (Fsp3) is 0.500. The van der Waals surface area contributed by atoms with Crippen molar-refractivity contribution in [2.24, 2.45) is 0 Å². The van der Waals surface area contributed by atoms with Crippen LogP contribution < -0.4 is 5.32 Å². The summed E-state index contributed by atoms with van der Waals surface area (Å²) < 4.78 is 0. The number of hydrogen-bond donors (Lipinski definition) is 1. The van der Waals surface area contributed by atoms with E-state index in [4.69, 9.17) is 11.6 Å². The maximum absolute atomic E-state index is 6.35. The van der Waals surface area contributed by atoms with Crippen molar-refractivity contribution in [3.05, 3.63) is 35.9 Å². The first kappa shape index (κ1) is 10.0. The first-order chi connectivity index (χ1) is 6.86. The zero-order valence-corrected chi connectivity index (χ0v) is 9.00. The average Bonchev–Trinajstić information content (AvgIpc) is 2.72. The van der Waals surface area contributed by atoms with Crippen LogP contribution in [0.25, 0.3) is 0 Å². The molecule has 2 atom stereocenters. The summed E-state index contributed by atoms with van der Waals surface area (Å²) in [5, 5.41) is 3.63. The Morgan fingerprint density at radius 1 is 1.36 bits per heavy atom. The molecule has 2 rings (SSSR count). The van der Waals surface area contributed by atoms with Gasteiger partial charge in [0.1, 0.15) is 0 Å². The van der Waals surface area contributed by atoms with Gasteiger partial charge in [-0.2, -0.15) is 0 Å². The van der Waals surface area contributed by atoms with Gasteiger partial charge in [0.2, 0.25) is 0 Å². The van der Waals surface area contributed by atoms with E-state index in [1.807, 2.05) is 18.2 Å². The molecule has 0 amide bonds. The monoisotopic (exact) mass is 209 g/mol. The molecule has 0 spiro atoms. The molecule has 2 heteroatoms. The Labute approximate surface area is 90.5 Å². The molecule has 1 aromatic carbocycles. The Kier molecular flexibility index (Phi) is 3.44. The molecule has 1 saturated heterocycles. The molecule has 1 N–H and O–H groups in total. The highest BCUT2D eigenvalue weighted by atomic mass is 35.5. The van der Waals surface area contributed by atoms with Gasteiger partial charge in [0.25, 0.3) is 0 Å². The maximum Gasteiger partial charge on any atom is 0.0600 e. The van der Waals surface area contributed by atoms with E-state index in [0.717, 1.165) is 13.0 Å². The summed E-state index contributed by atoms with van der Waals surface area (Å²) in [4.78, 5) is 0. The minimum Gasteiger partial charge on any atom is -0.314 e. The van der Waals surface area contributed by atoms with Crippen LogP contribution in [0.1, 0.15) is 30.2 Å². The van der Waals surface area contributed by atoms with E-state index in [1.54, 1.807) is 0 Å². The molecule has 1 heterocycles. The van der Waals surface area contributed by atoms with Crippen LogP contribution in [0.15, 0.2) is 30.3 Å². The van der Waals surface area contributed by atoms with Crippen LogP contribution >= 0.6 is 11.6 Å². The molecule has 0 aromatic heterocycles. The van der Waals surface area contributed by atoms with Gasteiger partial charge in [-0.3, -0.25) is 0 Å². The van der Waals surface area contributed by atoms with Gasteiger partial charge in [-0.15, -0.1) is 11.6 Å². The van der Waals surface area contributed by atoms with Gasteiger partial charge >= 0.3 is 0 Å². The number of halogens is 1. The highest BCUT2D eigenvalue weighted by molar-refractivity contribution is 6.20. The zero-order chi connectivity index (χ0) is 9.80. The molecule has 1 aliphatic rings. The lowest BCUT2D eigenvalue weighted by molar-refractivity contribution is 0.550. The van der Waals surface area contributed by atoms with E-state index in [2.05, 4.69) is 17.4 Å². The van der Waals surface area contributed by atoms with Crippen LogP contribution in [-0.2, 0) is 0 Å². The number of hydrogen-bond acceptors (Lipinski definition) is 1. The number of alkyl halides is 1. The van der Waals surface area contributed by atoms with E-state index in [0.29, 0.717) is 6.04 Å². The lowest BCUT2D eigenvalue weighted by Crippen LogP contribution is -2.22. The summed E-state index contributed by atoms with van der Waals surface area (Å²) in [5.41, 5.74) is 1.24. The van der Waals surface area contributed by atoms with Gasteiger partial charge < -0.3 is 5.32 Å². The van der Waals surface area contributed by atoms with Crippen molar-refractivity contribution in [2.45, 2.75) is 30.7 Å². The molecule has 0 bridgehead atoms. The first-order valence-electron chi connectivity index (χ1n) is 5.28. The summed E-state index contributed by atoms with van der Waals surface area (Å²) in [5.74, 6) is 0. The van der Waals surface area contributed by atoms with Crippen LogP contribution in [0, 0.1) is 0 Å². The quantitative estimate of drug-likeness (QED) is 0.755. The maximum atomic E-state index is 6.35. The van der Waals surface area contributed by atoms with E-state index in [-0.39, 0.29) is 5.38 Å². The predicted octanol–water partition coefficient (Wildman–Crippen LogP) is 3.11. The van der Waals surface area contributed by atoms with E-state index in [1.165, 1.54) is 18.4 Å². The Morgan fingerprint density at radius 2 is 2.14 bits per heavy atom. The zero-order valence-electron chi connectivity index (χ0n) is 8.25. The van der Waals surface area contributed by atoms with Crippen molar-refractivity contribution in [1.82, 2.24) is 5.32 Å². The summed E-state index contributed by atoms with van der Waals surface area (Å²) >= 11 is 6.35. The van der Waals surface area contributed by atoms with Crippen LogP contribution in [-0.4, -0.2) is 12.6 Å². The lowest BCUT2D eigenvalue weighted by Gasteiger charge is -2.15. The highest BCUT2D eigenvalue weighted by Gasteiger charge is 2.18. The Bertz CT molecular complexity index is 267. The number of nitrogens with one attached hydrogen (secondary N) is 1. The first-order valence-corrected chi connectivity index (χ1v) is 5.72. The minimum atomic E-state index is 0.159. The minimum absolute atomic E-state index is 0.159. The van der Waals surface area contributed by atoms with Crippen molar-refractivity contribution in [2.75, 3.05) is 6.54 Å².